The molecule has 0 spiro atoms. The number of aromatic amines is 1. The Morgan fingerprint density at radius 1 is 1.18 bits per heavy atom. The number of thiophene rings is 1. The van der Waals surface area contributed by atoms with E-state index in [2.05, 4.69) is 83.6 Å². The third-order valence-electron chi connectivity index (χ3n) is 6.70. The predicted molar refractivity (Wildman–Crippen MR) is 138 cm³/mol. The molecule has 1 N–H and O–H groups in total. The van der Waals surface area contributed by atoms with Gasteiger partial charge in [0, 0.05) is 23.5 Å². The molecule has 4 rings (SSSR count). The maximum atomic E-state index is 13.1. The van der Waals surface area contributed by atoms with Crippen LogP contribution < -0.4 is 5.56 Å². The Morgan fingerprint density at radius 3 is 2.65 bits per heavy atom. The van der Waals surface area contributed by atoms with Gasteiger partial charge in [0.1, 0.15) is 0 Å². The first-order chi connectivity index (χ1) is 16.2. The molecule has 8 heteroatoms. The summed E-state index contributed by atoms with van der Waals surface area (Å²) in [5.74, 6) is 1.07. The van der Waals surface area contributed by atoms with E-state index in [1.54, 1.807) is 11.3 Å². The molecule has 0 aliphatic carbocycles. The molecule has 0 bridgehead atoms. The van der Waals surface area contributed by atoms with E-state index in [4.69, 9.17) is 0 Å². The Kier molecular flexibility index (Phi) is 7.00. The zero-order chi connectivity index (χ0) is 24.5. The van der Waals surface area contributed by atoms with Crippen LogP contribution in [0.4, 0.5) is 0 Å². The van der Waals surface area contributed by atoms with Crippen molar-refractivity contribution in [3.63, 3.8) is 0 Å². The second kappa shape index (κ2) is 9.80. The van der Waals surface area contributed by atoms with Gasteiger partial charge in [-0.25, -0.2) is 4.68 Å². The number of hydrogen-bond acceptors (Lipinski definition) is 6. The van der Waals surface area contributed by atoms with Crippen molar-refractivity contribution in [1.29, 1.82) is 0 Å². The molecular formula is C26H34N6OS. The van der Waals surface area contributed by atoms with Gasteiger partial charge < -0.3 is 4.98 Å². The SMILES string of the molecule is CCC(C)(C)n1nnnc1[C@H](C(C)C)N(Cc1cccs1)Cc1cc2cccc(C)c2[nH]c1=O. The molecule has 180 valence electrons. The van der Waals surface area contributed by atoms with Gasteiger partial charge >= 0.3 is 0 Å². The Bertz CT molecular complexity index is 1300. The van der Waals surface area contributed by atoms with Crippen molar-refractivity contribution < 1.29 is 0 Å². The number of aryl methyl sites for hydroxylation is 1. The highest BCUT2D eigenvalue weighted by molar-refractivity contribution is 7.09. The van der Waals surface area contributed by atoms with Gasteiger partial charge in [0.05, 0.1) is 17.1 Å². The number of pyridine rings is 1. The fourth-order valence-corrected chi connectivity index (χ4v) is 5.19. The fourth-order valence-electron chi connectivity index (χ4n) is 4.46. The van der Waals surface area contributed by atoms with Crippen LogP contribution in [-0.2, 0) is 18.6 Å². The van der Waals surface area contributed by atoms with Crippen LogP contribution in [0.5, 0.6) is 0 Å². The Labute approximate surface area is 204 Å². The summed E-state index contributed by atoms with van der Waals surface area (Å²) in [4.78, 5) is 19.8. The molecule has 0 fully saturated rings. The molecule has 0 radical (unpaired) electrons. The molecule has 0 aliphatic rings. The summed E-state index contributed by atoms with van der Waals surface area (Å²) in [5, 5.41) is 16.1. The van der Waals surface area contributed by atoms with E-state index in [1.807, 2.05) is 29.8 Å². The van der Waals surface area contributed by atoms with Crippen molar-refractivity contribution in [2.45, 2.75) is 72.6 Å². The molecular weight excluding hydrogens is 444 g/mol. The number of rotatable bonds is 9. The van der Waals surface area contributed by atoms with E-state index >= 15 is 0 Å². The molecule has 0 unspecified atom stereocenters. The number of tetrazole rings is 1. The minimum Gasteiger partial charge on any atom is -0.321 e. The van der Waals surface area contributed by atoms with Gasteiger partial charge in [-0.05, 0) is 72.0 Å². The van der Waals surface area contributed by atoms with Gasteiger partial charge in [-0.1, -0.05) is 45.0 Å². The maximum Gasteiger partial charge on any atom is 0.252 e. The summed E-state index contributed by atoms with van der Waals surface area (Å²) in [6, 6.07) is 12.3. The van der Waals surface area contributed by atoms with Gasteiger partial charge in [-0.15, -0.1) is 16.4 Å². The van der Waals surface area contributed by atoms with Crippen molar-refractivity contribution in [1.82, 2.24) is 30.1 Å². The lowest BCUT2D eigenvalue weighted by atomic mass is 9.97. The predicted octanol–water partition coefficient (Wildman–Crippen LogP) is 5.43. The van der Waals surface area contributed by atoms with Gasteiger partial charge in [0.15, 0.2) is 5.82 Å². The third kappa shape index (κ3) is 4.83. The molecule has 1 atom stereocenters. The average molecular weight is 479 g/mol. The summed E-state index contributed by atoms with van der Waals surface area (Å²) >= 11 is 1.73. The molecule has 0 aliphatic heterocycles. The highest BCUT2D eigenvalue weighted by Crippen LogP contribution is 2.33. The van der Waals surface area contributed by atoms with Crippen LogP contribution in [0, 0.1) is 12.8 Å². The Morgan fingerprint density at radius 2 is 1.97 bits per heavy atom. The van der Waals surface area contributed by atoms with E-state index in [0.717, 1.165) is 34.3 Å². The van der Waals surface area contributed by atoms with Gasteiger partial charge in [0.2, 0.25) is 0 Å². The van der Waals surface area contributed by atoms with Crippen LogP contribution in [0.25, 0.3) is 10.9 Å². The number of H-pyrrole nitrogens is 1. The smallest absolute Gasteiger partial charge is 0.252 e. The summed E-state index contributed by atoms with van der Waals surface area (Å²) in [6.45, 7) is 14.1. The van der Waals surface area contributed by atoms with E-state index < -0.39 is 0 Å². The van der Waals surface area contributed by atoms with Crippen LogP contribution in [0.3, 0.4) is 0 Å². The molecule has 34 heavy (non-hydrogen) atoms. The summed E-state index contributed by atoms with van der Waals surface area (Å²) in [7, 11) is 0. The molecule has 0 saturated heterocycles. The lowest BCUT2D eigenvalue weighted by molar-refractivity contribution is 0.119. The van der Waals surface area contributed by atoms with Crippen molar-refractivity contribution in [2.75, 3.05) is 0 Å². The largest absolute Gasteiger partial charge is 0.321 e. The quantitative estimate of drug-likeness (QED) is 0.347. The second-order valence-electron chi connectivity index (χ2n) is 9.95. The summed E-state index contributed by atoms with van der Waals surface area (Å²) < 4.78 is 1.97. The molecule has 3 aromatic heterocycles. The number of para-hydroxylation sites is 1. The van der Waals surface area contributed by atoms with Crippen molar-refractivity contribution in [3.05, 3.63) is 74.0 Å². The van der Waals surface area contributed by atoms with Crippen LogP contribution in [-0.4, -0.2) is 30.1 Å². The number of aromatic nitrogens is 5. The number of benzene rings is 1. The molecule has 3 heterocycles. The minimum absolute atomic E-state index is 0.0473. The van der Waals surface area contributed by atoms with E-state index in [1.165, 1.54) is 4.88 Å². The number of nitrogens with one attached hydrogen (secondary N) is 1. The first-order valence-electron chi connectivity index (χ1n) is 11.9. The van der Waals surface area contributed by atoms with Crippen LogP contribution in [0.2, 0.25) is 0 Å². The minimum atomic E-state index is -0.210. The topological polar surface area (TPSA) is 79.7 Å². The molecule has 1 aromatic carbocycles. The lowest BCUT2D eigenvalue weighted by Crippen LogP contribution is -2.38. The van der Waals surface area contributed by atoms with E-state index in [-0.39, 0.29) is 23.1 Å². The maximum absolute atomic E-state index is 13.1. The molecule has 7 nitrogen and oxygen atoms in total. The summed E-state index contributed by atoms with van der Waals surface area (Å²) in [6.07, 6.45) is 0.907. The van der Waals surface area contributed by atoms with Gasteiger partial charge in [-0.2, -0.15) is 0 Å². The van der Waals surface area contributed by atoms with Crippen LogP contribution in [0.15, 0.2) is 46.6 Å². The van der Waals surface area contributed by atoms with Gasteiger partial charge in [0.25, 0.3) is 5.56 Å². The molecule has 0 amide bonds. The van der Waals surface area contributed by atoms with Crippen molar-refractivity contribution >= 4 is 22.2 Å². The number of fused-ring (bicyclic) bond motifs is 1. The normalized spacial score (nSPS) is 13.3. The highest BCUT2D eigenvalue weighted by atomic mass is 32.1. The average Bonchev–Trinajstić information content (AvgIpc) is 3.48. The van der Waals surface area contributed by atoms with Crippen molar-refractivity contribution in [2.24, 2.45) is 5.92 Å². The molecule has 4 aromatic rings. The lowest BCUT2D eigenvalue weighted by Gasteiger charge is -2.35. The van der Waals surface area contributed by atoms with Crippen LogP contribution in [0.1, 0.15) is 68.9 Å². The number of nitrogens with zero attached hydrogens (tertiary/aromatic N) is 5. The highest BCUT2D eigenvalue weighted by Gasteiger charge is 2.34. The van der Waals surface area contributed by atoms with Gasteiger partial charge in [-0.3, -0.25) is 9.69 Å². The van der Waals surface area contributed by atoms with E-state index in [0.29, 0.717) is 13.1 Å². The second-order valence-corrected chi connectivity index (χ2v) is 11.0. The Hall–Kier alpha value is -2.84. The zero-order valence-corrected chi connectivity index (χ0v) is 21.7. The zero-order valence-electron chi connectivity index (χ0n) is 20.9. The third-order valence-corrected chi connectivity index (χ3v) is 7.56. The first kappa shape index (κ1) is 24.3. The Balaban J connectivity index is 1.80. The monoisotopic (exact) mass is 478 g/mol. The standard InChI is InChI=1S/C26H34N6OS/c1-7-26(5,6)32-24(28-29-30-32)23(17(2)3)31(16-21-12-9-13-34-21)15-20-14-19-11-8-10-18(4)22(19)27-25(20)33/h8-14,17,23H,7,15-16H2,1-6H3,(H,27,33)/t23-/m0/s1. The van der Waals surface area contributed by atoms with Crippen LogP contribution >= 0.6 is 11.3 Å². The fraction of sp³-hybridized carbons (Fsp3) is 0.462. The van der Waals surface area contributed by atoms with Crippen molar-refractivity contribution in [3.8, 4) is 0 Å². The van der Waals surface area contributed by atoms with E-state index in [9.17, 15) is 4.79 Å². The number of hydrogen-bond donors (Lipinski definition) is 1. The molecule has 0 saturated carbocycles. The first-order valence-corrected chi connectivity index (χ1v) is 12.8. The summed E-state index contributed by atoms with van der Waals surface area (Å²) in [5.41, 5.74) is 2.45.